The van der Waals surface area contributed by atoms with Crippen molar-refractivity contribution in [3.63, 3.8) is 0 Å². The molecule has 1 aliphatic rings. The molecule has 28 heavy (non-hydrogen) atoms. The summed E-state index contributed by atoms with van der Waals surface area (Å²) < 4.78 is 18.5. The smallest absolute Gasteiger partial charge is 0.163 e. The second-order valence-corrected chi connectivity index (χ2v) is 7.54. The normalized spacial score (nSPS) is 18.9. The molecule has 0 aromatic heterocycles. The molecule has 3 aromatic carbocycles. The van der Waals surface area contributed by atoms with E-state index >= 15 is 0 Å². The van der Waals surface area contributed by atoms with E-state index in [1.165, 1.54) is 0 Å². The largest absolute Gasteiger partial charge is 0.358 e. The summed E-state index contributed by atoms with van der Waals surface area (Å²) in [6, 6.07) is 31.1. The van der Waals surface area contributed by atoms with Crippen LogP contribution in [0.3, 0.4) is 0 Å². The van der Waals surface area contributed by atoms with Gasteiger partial charge in [-0.25, -0.2) is 0 Å². The van der Waals surface area contributed by atoms with Crippen LogP contribution in [-0.4, -0.2) is 25.1 Å². The lowest BCUT2D eigenvalue weighted by atomic mass is 9.80. The van der Waals surface area contributed by atoms with Crippen LogP contribution in [0.1, 0.15) is 30.5 Å². The van der Waals surface area contributed by atoms with Gasteiger partial charge in [-0.1, -0.05) is 91.0 Å². The highest BCUT2D eigenvalue weighted by molar-refractivity contribution is 5.47. The van der Waals surface area contributed by atoms with Gasteiger partial charge in [0.1, 0.15) is 11.7 Å². The maximum Gasteiger partial charge on any atom is 0.163 e. The van der Waals surface area contributed by atoms with Gasteiger partial charge in [-0.3, -0.25) is 0 Å². The molecule has 3 nitrogen and oxygen atoms in total. The monoisotopic (exact) mass is 374 g/mol. The van der Waals surface area contributed by atoms with E-state index in [2.05, 4.69) is 72.8 Å². The van der Waals surface area contributed by atoms with Crippen LogP contribution in [-0.2, 0) is 19.8 Å². The van der Waals surface area contributed by atoms with Crippen LogP contribution in [0.2, 0.25) is 0 Å². The standard InChI is InChI=1S/C25H26O3/c1-24(2)26-18-23(28-24)19-27-25(20-12-6-3-7-13-20,21-14-8-4-9-15-21)22-16-10-5-11-17-22/h3-17,23H,18-19H2,1-2H3/t23-/m0/s1. The Kier molecular flexibility index (Phi) is 5.31. The fourth-order valence-corrected chi connectivity index (χ4v) is 3.83. The second kappa shape index (κ2) is 7.88. The van der Waals surface area contributed by atoms with Gasteiger partial charge >= 0.3 is 0 Å². The van der Waals surface area contributed by atoms with Crippen molar-refractivity contribution in [1.29, 1.82) is 0 Å². The van der Waals surface area contributed by atoms with Gasteiger partial charge in [0.05, 0.1) is 13.2 Å². The van der Waals surface area contributed by atoms with Crippen molar-refractivity contribution < 1.29 is 14.2 Å². The molecule has 3 aromatic rings. The summed E-state index contributed by atoms with van der Waals surface area (Å²) in [5, 5.41) is 0. The maximum absolute atomic E-state index is 6.76. The van der Waals surface area contributed by atoms with Gasteiger partial charge in [0, 0.05) is 0 Å². The molecule has 0 saturated carbocycles. The molecular weight excluding hydrogens is 348 g/mol. The number of ether oxygens (including phenoxy) is 3. The van der Waals surface area contributed by atoms with Gasteiger partial charge in [-0.15, -0.1) is 0 Å². The Bertz CT molecular complexity index is 779. The Morgan fingerprint density at radius 2 is 1.21 bits per heavy atom. The zero-order valence-electron chi connectivity index (χ0n) is 16.4. The molecule has 1 aliphatic heterocycles. The molecule has 3 heteroatoms. The van der Waals surface area contributed by atoms with Crippen LogP contribution in [0, 0.1) is 0 Å². The molecule has 0 amide bonds. The third-order valence-corrected chi connectivity index (χ3v) is 5.09. The first kappa shape index (κ1) is 18.9. The van der Waals surface area contributed by atoms with Crippen molar-refractivity contribution >= 4 is 0 Å². The van der Waals surface area contributed by atoms with E-state index in [1.807, 2.05) is 32.0 Å². The molecule has 0 unspecified atom stereocenters. The lowest BCUT2D eigenvalue weighted by Crippen LogP contribution is -2.36. The molecular formula is C25H26O3. The fourth-order valence-electron chi connectivity index (χ4n) is 3.83. The third-order valence-electron chi connectivity index (χ3n) is 5.09. The first-order valence-corrected chi connectivity index (χ1v) is 9.72. The fraction of sp³-hybridized carbons (Fsp3) is 0.280. The summed E-state index contributed by atoms with van der Waals surface area (Å²) in [5.74, 6) is -0.567. The van der Waals surface area contributed by atoms with Gasteiger partial charge in [0.25, 0.3) is 0 Å². The molecule has 0 aliphatic carbocycles. The minimum atomic E-state index is -0.722. The SMILES string of the molecule is CC1(C)OC[C@@H](COC(c2ccccc2)(c2ccccc2)c2ccccc2)O1. The maximum atomic E-state index is 6.76. The summed E-state index contributed by atoms with van der Waals surface area (Å²) in [6.45, 7) is 4.83. The predicted molar refractivity (Wildman–Crippen MR) is 110 cm³/mol. The minimum Gasteiger partial charge on any atom is -0.358 e. The molecule has 1 heterocycles. The van der Waals surface area contributed by atoms with E-state index in [0.29, 0.717) is 13.2 Å². The van der Waals surface area contributed by atoms with Gasteiger partial charge in [0.2, 0.25) is 0 Å². The van der Waals surface area contributed by atoms with Gasteiger partial charge in [-0.2, -0.15) is 0 Å². The zero-order valence-corrected chi connectivity index (χ0v) is 16.4. The van der Waals surface area contributed by atoms with E-state index in [9.17, 15) is 0 Å². The molecule has 144 valence electrons. The van der Waals surface area contributed by atoms with E-state index in [0.717, 1.165) is 16.7 Å². The van der Waals surface area contributed by atoms with Crippen molar-refractivity contribution in [2.45, 2.75) is 31.3 Å². The van der Waals surface area contributed by atoms with Crippen molar-refractivity contribution in [2.75, 3.05) is 13.2 Å². The Labute approximate surface area is 166 Å². The van der Waals surface area contributed by atoms with Crippen LogP contribution in [0.15, 0.2) is 91.0 Å². The van der Waals surface area contributed by atoms with Crippen LogP contribution < -0.4 is 0 Å². The highest BCUT2D eigenvalue weighted by Gasteiger charge is 2.40. The minimum absolute atomic E-state index is 0.106. The highest BCUT2D eigenvalue weighted by Crippen LogP contribution is 2.41. The Morgan fingerprint density at radius 3 is 1.57 bits per heavy atom. The average Bonchev–Trinajstić information content (AvgIpc) is 3.10. The van der Waals surface area contributed by atoms with E-state index in [4.69, 9.17) is 14.2 Å². The molecule has 0 N–H and O–H groups in total. The summed E-state index contributed by atoms with van der Waals surface area (Å²) in [7, 11) is 0. The Balaban J connectivity index is 1.79. The first-order valence-electron chi connectivity index (χ1n) is 9.72. The van der Waals surface area contributed by atoms with Crippen LogP contribution in [0.5, 0.6) is 0 Å². The summed E-state index contributed by atoms with van der Waals surface area (Å²) in [4.78, 5) is 0. The molecule has 1 fully saturated rings. The average molecular weight is 374 g/mol. The lowest BCUT2D eigenvalue weighted by molar-refractivity contribution is -0.150. The molecule has 0 radical (unpaired) electrons. The molecule has 4 rings (SSSR count). The van der Waals surface area contributed by atoms with Crippen LogP contribution in [0.4, 0.5) is 0 Å². The van der Waals surface area contributed by atoms with Crippen molar-refractivity contribution in [2.24, 2.45) is 0 Å². The molecule has 1 saturated heterocycles. The number of rotatable bonds is 6. The predicted octanol–water partition coefficient (Wildman–Crippen LogP) is 5.15. The van der Waals surface area contributed by atoms with Crippen molar-refractivity contribution in [3.8, 4) is 0 Å². The molecule has 0 spiro atoms. The topological polar surface area (TPSA) is 27.7 Å². The third kappa shape index (κ3) is 3.74. The zero-order chi connectivity index (χ0) is 19.5. The Hall–Kier alpha value is -2.46. The number of hydrogen-bond acceptors (Lipinski definition) is 3. The second-order valence-electron chi connectivity index (χ2n) is 7.54. The quantitative estimate of drug-likeness (QED) is 0.559. The molecule has 1 atom stereocenters. The van der Waals surface area contributed by atoms with Gasteiger partial charge in [0.15, 0.2) is 5.79 Å². The van der Waals surface area contributed by atoms with Crippen LogP contribution in [0.25, 0.3) is 0 Å². The number of benzene rings is 3. The first-order chi connectivity index (χ1) is 13.6. The summed E-state index contributed by atoms with van der Waals surface area (Å²) in [6.07, 6.45) is -0.106. The van der Waals surface area contributed by atoms with Gasteiger partial charge in [-0.05, 0) is 30.5 Å². The van der Waals surface area contributed by atoms with E-state index in [-0.39, 0.29) is 6.10 Å². The summed E-state index contributed by atoms with van der Waals surface area (Å²) in [5.41, 5.74) is 2.54. The summed E-state index contributed by atoms with van der Waals surface area (Å²) >= 11 is 0. The highest BCUT2D eigenvalue weighted by atomic mass is 16.7. The van der Waals surface area contributed by atoms with Gasteiger partial charge < -0.3 is 14.2 Å². The molecule has 0 bridgehead atoms. The van der Waals surface area contributed by atoms with Crippen molar-refractivity contribution in [3.05, 3.63) is 108 Å². The lowest BCUT2D eigenvalue weighted by Gasteiger charge is -2.36. The van der Waals surface area contributed by atoms with E-state index in [1.54, 1.807) is 0 Å². The Morgan fingerprint density at radius 1 is 0.786 bits per heavy atom. The number of hydrogen-bond donors (Lipinski definition) is 0. The van der Waals surface area contributed by atoms with Crippen molar-refractivity contribution in [1.82, 2.24) is 0 Å². The van der Waals surface area contributed by atoms with E-state index < -0.39 is 11.4 Å². The van der Waals surface area contributed by atoms with Crippen LogP contribution >= 0.6 is 0 Å².